The van der Waals surface area contributed by atoms with Crippen molar-refractivity contribution in [1.29, 1.82) is 0 Å². The molecule has 0 saturated carbocycles. The molecule has 1 fully saturated rings. The van der Waals surface area contributed by atoms with Gasteiger partial charge < -0.3 is 19.7 Å². The van der Waals surface area contributed by atoms with Crippen LogP contribution in [0.15, 0.2) is 54.0 Å². The molecular formula is C30H43N5O3S. The average molecular weight is 554 g/mol. The Balaban J connectivity index is 0.000000602. The molecule has 1 N–H and O–H groups in total. The van der Waals surface area contributed by atoms with Crippen molar-refractivity contribution in [3.8, 4) is 11.6 Å². The van der Waals surface area contributed by atoms with Crippen LogP contribution in [-0.2, 0) is 4.74 Å². The highest BCUT2D eigenvalue weighted by Crippen LogP contribution is 2.26. The number of nitrogens with zero attached hydrogens (tertiary/aromatic N) is 4. The van der Waals surface area contributed by atoms with Crippen LogP contribution < -0.4 is 15.0 Å². The topological polar surface area (TPSA) is 81.0 Å². The Kier molecular flexibility index (Phi) is 14.0. The fraction of sp³-hybridized carbons (Fsp3) is 0.433. The first-order valence-electron chi connectivity index (χ1n) is 13.9. The van der Waals surface area contributed by atoms with Crippen molar-refractivity contribution in [3.63, 3.8) is 0 Å². The third-order valence-electron chi connectivity index (χ3n) is 5.52. The summed E-state index contributed by atoms with van der Waals surface area (Å²) in [6.07, 6.45) is 4.31. The summed E-state index contributed by atoms with van der Waals surface area (Å²) in [7, 11) is 0. The molecule has 4 heterocycles. The molecule has 212 valence electrons. The number of ether oxygens (including phenoxy) is 2. The van der Waals surface area contributed by atoms with Gasteiger partial charge in [0.2, 0.25) is 5.88 Å². The largest absolute Gasteiger partial charge is 0.438 e. The molecule has 1 aromatic carbocycles. The van der Waals surface area contributed by atoms with Crippen molar-refractivity contribution >= 4 is 34.4 Å². The number of aryl methyl sites for hydroxylation is 1. The van der Waals surface area contributed by atoms with Gasteiger partial charge in [0.15, 0.2) is 11.5 Å². The molecule has 0 radical (unpaired) electrons. The normalized spacial score (nSPS) is 12.2. The Morgan fingerprint density at radius 3 is 2.41 bits per heavy atom. The van der Waals surface area contributed by atoms with E-state index in [9.17, 15) is 4.79 Å². The number of hydrogen-bond donors (Lipinski definition) is 1. The number of hydrogen-bond acceptors (Lipinski definition) is 7. The van der Waals surface area contributed by atoms with E-state index in [0.717, 1.165) is 37.6 Å². The zero-order valence-corrected chi connectivity index (χ0v) is 25.2. The minimum absolute atomic E-state index is 0.174. The van der Waals surface area contributed by atoms with Gasteiger partial charge in [-0.15, -0.1) is 16.4 Å². The van der Waals surface area contributed by atoms with Crippen LogP contribution in [0.25, 0.3) is 5.65 Å². The first-order valence-corrected chi connectivity index (χ1v) is 14.8. The molecule has 1 saturated heterocycles. The molecule has 0 aliphatic carbocycles. The number of unbranched alkanes of at least 4 members (excludes halogenated alkanes) is 1. The molecular weight excluding hydrogens is 510 g/mol. The number of anilines is 2. The highest BCUT2D eigenvalue weighted by atomic mass is 32.1. The minimum atomic E-state index is -0.174. The van der Waals surface area contributed by atoms with Crippen LogP contribution in [0.5, 0.6) is 11.6 Å². The summed E-state index contributed by atoms with van der Waals surface area (Å²) in [6, 6.07) is 13.4. The number of benzene rings is 1. The standard InChI is InChI=1S/C22H21N5O3S.C4H10.2C2H6/c1-15-7-12-31-21(15)22(28)24-18-14-27-19(23-18)5-6-20(25-27)30-17-4-2-3-16(13-17)26-8-10-29-11-9-26;1-3-4-2;2*1-2/h2-7,12-14H,8-11H2,1H3,(H,24,28);3-4H2,1-2H3;2*1-2H3. The summed E-state index contributed by atoms with van der Waals surface area (Å²) in [5.74, 6) is 1.41. The summed E-state index contributed by atoms with van der Waals surface area (Å²) >= 11 is 1.41. The molecule has 0 bridgehead atoms. The smallest absolute Gasteiger partial charge is 0.267 e. The highest BCUT2D eigenvalue weighted by molar-refractivity contribution is 7.12. The van der Waals surface area contributed by atoms with Crippen molar-refractivity contribution in [2.45, 2.75) is 61.3 Å². The number of amides is 1. The Morgan fingerprint density at radius 1 is 1.05 bits per heavy atom. The van der Waals surface area contributed by atoms with Crippen LogP contribution in [0.2, 0.25) is 0 Å². The zero-order chi connectivity index (χ0) is 28.6. The molecule has 1 amide bonds. The Bertz CT molecular complexity index is 1260. The molecule has 9 heteroatoms. The summed E-state index contributed by atoms with van der Waals surface area (Å²) in [5.41, 5.74) is 2.66. The van der Waals surface area contributed by atoms with Gasteiger partial charge in [0.25, 0.3) is 5.91 Å². The lowest BCUT2D eigenvalue weighted by Crippen LogP contribution is -2.36. The maximum absolute atomic E-state index is 12.4. The Labute approximate surface area is 237 Å². The Morgan fingerprint density at radius 2 is 1.77 bits per heavy atom. The van der Waals surface area contributed by atoms with E-state index in [4.69, 9.17) is 9.47 Å². The number of aromatic nitrogens is 3. The summed E-state index contributed by atoms with van der Waals surface area (Å²) in [5, 5.41) is 9.20. The fourth-order valence-electron chi connectivity index (χ4n) is 3.44. The second-order valence-corrected chi connectivity index (χ2v) is 9.10. The monoisotopic (exact) mass is 553 g/mol. The number of imidazole rings is 1. The van der Waals surface area contributed by atoms with E-state index in [0.29, 0.717) is 28.0 Å². The lowest BCUT2D eigenvalue weighted by molar-refractivity contribution is 0.102. The zero-order valence-electron chi connectivity index (χ0n) is 24.4. The van der Waals surface area contributed by atoms with Crippen molar-refractivity contribution in [2.75, 3.05) is 36.5 Å². The van der Waals surface area contributed by atoms with Gasteiger partial charge in [0.05, 0.1) is 24.3 Å². The third-order valence-corrected chi connectivity index (χ3v) is 6.54. The summed E-state index contributed by atoms with van der Waals surface area (Å²) in [6.45, 7) is 17.5. The van der Waals surface area contributed by atoms with E-state index >= 15 is 0 Å². The molecule has 8 nitrogen and oxygen atoms in total. The molecule has 0 unspecified atom stereocenters. The molecule has 1 aliphatic rings. The fourth-order valence-corrected chi connectivity index (χ4v) is 4.26. The van der Waals surface area contributed by atoms with Gasteiger partial charge in [-0.3, -0.25) is 4.79 Å². The van der Waals surface area contributed by atoms with Crippen molar-refractivity contribution in [3.05, 3.63) is 64.5 Å². The van der Waals surface area contributed by atoms with Gasteiger partial charge >= 0.3 is 0 Å². The Hall–Kier alpha value is -3.43. The van der Waals surface area contributed by atoms with Gasteiger partial charge in [-0.1, -0.05) is 60.5 Å². The average Bonchev–Trinajstić information content (AvgIpc) is 3.61. The lowest BCUT2D eigenvalue weighted by atomic mass is 10.2. The molecule has 0 atom stereocenters. The van der Waals surface area contributed by atoms with E-state index in [1.165, 1.54) is 24.2 Å². The number of rotatable bonds is 6. The number of nitrogens with one attached hydrogen (secondary N) is 1. The van der Waals surface area contributed by atoms with E-state index in [2.05, 4.69) is 40.2 Å². The van der Waals surface area contributed by atoms with E-state index in [-0.39, 0.29) is 5.91 Å². The maximum Gasteiger partial charge on any atom is 0.267 e. The van der Waals surface area contributed by atoms with Crippen molar-refractivity contribution in [1.82, 2.24) is 14.6 Å². The van der Waals surface area contributed by atoms with Crippen molar-refractivity contribution < 1.29 is 14.3 Å². The number of fused-ring (bicyclic) bond motifs is 1. The summed E-state index contributed by atoms with van der Waals surface area (Å²) < 4.78 is 13.0. The molecule has 1 aliphatic heterocycles. The summed E-state index contributed by atoms with van der Waals surface area (Å²) in [4.78, 5) is 19.8. The number of morpholine rings is 1. The van der Waals surface area contributed by atoms with Crippen LogP contribution in [0.3, 0.4) is 0 Å². The van der Waals surface area contributed by atoms with Crippen molar-refractivity contribution in [2.24, 2.45) is 0 Å². The molecule has 39 heavy (non-hydrogen) atoms. The first kappa shape index (κ1) is 31.8. The second kappa shape index (κ2) is 17.2. The van der Waals surface area contributed by atoms with Gasteiger partial charge in [0, 0.05) is 30.9 Å². The van der Waals surface area contributed by atoms with Crippen LogP contribution >= 0.6 is 11.3 Å². The van der Waals surface area contributed by atoms with Gasteiger partial charge in [-0.25, -0.2) is 9.50 Å². The predicted molar refractivity (Wildman–Crippen MR) is 163 cm³/mol. The van der Waals surface area contributed by atoms with Crippen LogP contribution in [0.1, 0.15) is 69.6 Å². The van der Waals surface area contributed by atoms with Gasteiger partial charge in [0.1, 0.15) is 5.75 Å². The molecule has 5 rings (SSSR count). The van der Waals surface area contributed by atoms with Gasteiger partial charge in [-0.05, 0) is 42.1 Å². The third kappa shape index (κ3) is 9.37. The molecule has 0 spiro atoms. The number of thiophene rings is 1. The van der Waals surface area contributed by atoms with Gasteiger partial charge in [-0.2, -0.15) is 0 Å². The SMILES string of the molecule is CC.CC.CCCC.Cc1ccsc1C(=O)Nc1cn2nc(Oc3cccc(N4CCOCC4)c3)ccc2n1. The quantitative estimate of drug-likeness (QED) is 0.262. The second-order valence-electron chi connectivity index (χ2n) is 8.19. The lowest BCUT2D eigenvalue weighted by Gasteiger charge is -2.29. The first-order chi connectivity index (χ1) is 19.1. The maximum atomic E-state index is 12.4. The minimum Gasteiger partial charge on any atom is -0.438 e. The molecule has 4 aromatic rings. The van der Waals surface area contributed by atoms with E-state index < -0.39 is 0 Å². The number of carbonyl (C=O) groups is 1. The predicted octanol–water partition coefficient (Wildman–Crippen LogP) is 7.84. The van der Waals surface area contributed by atoms with Crippen LogP contribution in [0, 0.1) is 6.92 Å². The highest BCUT2D eigenvalue weighted by Gasteiger charge is 2.14. The van der Waals surface area contributed by atoms with Crippen LogP contribution in [-0.4, -0.2) is 46.8 Å². The molecule has 3 aromatic heterocycles. The number of carbonyl (C=O) groups excluding carboxylic acids is 1. The van der Waals surface area contributed by atoms with Crippen LogP contribution in [0.4, 0.5) is 11.5 Å². The van der Waals surface area contributed by atoms with E-state index in [1.807, 2.05) is 64.3 Å². The van der Waals surface area contributed by atoms with E-state index in [1.54, 1.807) is 22.8 Å².